The highest BCUT2D eigenvalue weighted by Gasteiger charge is 2.29. The van der Waals surface area contributed by atoms with Gasteiger partial charge in [-0.3, -0.25) is 19.0 Å². The highest BCUT2D eigenvalue weighted by molar-refractivity contribution is 6.30. The summed E-state index contributed by atoms with van der Waals surface area (Å²) in [7, 11) is 5.11. The van der Waals surface area contributed by atoms with Crippen LogP contribution < -0.4 is 4.74 Å². The van der Waals surface area contributed by atoms with Crippen molar-refractivity contribution >= 4 is 40.2 Å². The number of hydrogen-bond donors (Lipinski definition) is 0. The SMILES string of the molecule is COc1ccc2c(c1)c(CC(=O)N1CCC(C(=O)N(C)C)CC1)c(C)n2C(=O)c1ccc(Cl)cc1. The van der Waals surface area contributed by atoms with Gasteiger partial charge >= 0.3 is 0 Å². The van der Waals surface area contributed by atoms with Crippen molar-refractivity contribution in [2.24, 2.45) is 5.92 Å². The first-order valence-electron chi connectivity index (χ1n) is 11.7. The molecule has 0 atom stereocenters. The molecular formula is C27H30ClN3O4. The predicted octanol–water partition coefficient (Wildman–Crippen LogP) is 4.17. The van der Waals surface area contributed by atoms with Crippen molar-refractivity contribution in [3.8, 4) is 5.75 Å². The topological polar surface area (TPSA) is 71.8 Å². The summed E-state index contributed by atoms with van der Waals surface area (Å²) < 4.78 is 7.07. The van der Waals surface area contributed by atoms with E-state index in [0.29, 0.717) is 42.3 Å². The summed E-state index contributed by atoms with van der Waals surface area (Å²) in [6.07, 6.45) is 1.49. The van der Waals surface area contributed by atoms with E-state index in [1.807, 2.05) is 30.0 Å². The maximum absolute atomic E-state index is 13.5. The Bertz CT molecular complexity index is 1270. The monoisotopic (exact) mass is 495 g/mol. The number of hydrogen-bond acceptors (Lipinski definition) is 4. The molecule has 0 aliphatic carbocycles. The van der Waals surface area contributed by atoms with Gasteiger partial charge < -0.3 is 14.5 Å². The molecule has 8 heteroatoms. The molecule has 2 aromatic carbocycles. The Labute approximate surface area is 210 Å². The first-order valence-corrected chi connectivity index (χ1v) is 12.1. The van der Waals surface area contributed by atoms with Crippen molar-refractivity contribution < 1.29 is 19.1 Å². The summed E-state index contributed by atoms with van der Waals surface area (Å²) in [5, 5.41) is 1.37. The number of methoxy groups -OCH3 is 1. The van der Waals surface area contributed by atoms with E-state index in [1.165, 1.54) is 0 Å². The highest BCUT2D eigenvalue weighted by Crippen LogP contribution is 2.31. The summed E-state index contributed by atoms with van der Waals surface area (Å²) in [4.78, 5) is 42.5. The molecular weight excluding hydrogens is 466 g/mol. The van der Waals surface area contributed by atoms with Gasteiger partial charge in [-0.1, -0.05) is 11.6 Å². The fourth-order valence-electron chi connectivity index (χ4n) is 4.80. The van der Waals surface area contributed by atoms with Gasteiger partial charge in [-0.15, -0.1) is 0 Å². The lowest BCUT2D eigenvalue weighted by Gasteiger charge is -2.32. The van der Waals surface area contributed by atoms with Gasteiger partial charge in [0.05, 0.1) is 19.0 Å². The lowest BCUT2D eigenvalue weighted by atomic mass is 9.95. The smallest absolute Gasteiger partial charge is 0.262 e. The fraction of sp³-hybridized carbons (Fsp3) is 0.370. The van der Waals surface area contributed by atoms with Gasteiger partial charge in [-0.2, -0.15) is 0 Å². The number of carbonyl (C=O) groups is 3. The molecule has 3 aromatic rings. The maximum Gasteiger partial charge on any atom is 0.262 e. The van der Waals surface area contributed by atoms with Crippen LogP contribution in [0, 0.1) is 12.8 Å². The van der Waals surface area contributed by atoms with Crippen LogP contribution in [0.2, 0.25) is 5.02 Å². The third kappa shape index (κ3) is 4.91. The number of fused-ring (bicyclic) bond motifs is 1. The predicted molar refractivity (Wildman–Crippen MR) is 136 cm³/mol. The van der Waals surface area contributed by atoms with E-state index in [1.54, 1.807) is 54.9 Å². The van der Waals surface area contributed by atoms with Gasteiger partial charge in [0.1, 0.15) is 5.75 Å². The van der Waals surface area contributed by atoms with Crippen LogP contribution in [0.5, 0.6) is 5.75 Å². The molecule has 1 aliphatic heterocycles. The molecule has 2 amide bonds. The van der Waals surface area contributed by atoms with Gasteiger partial charge in [0.25, 0.3) is 5.91 Å². The minimum atomic E-state index is -0.184. The summed E-state index contributed by atoms with van der Waals surface area (Å²) in [6.45, 7) is 2.96. The second kappa shape index (κ2) is 10.1. The van der Waals surface area contributed by atoms with Crippen LogP contribution in [0.3, 0.4) is 0 Å². The number of halogens is 1. The van der Waals surface area contributed by atoms with E-state index in [4.69, 9.17) is 16.3 Å². The molecule has 0 unspecified atom stereocenters. The molecule has 0 spiro atoms. The Morgan fingerprint density at radius 2 is 1.71 bits per heavy atom. The Kier molecular flexibility index (Phi) is 7.17. The third-order valence-electron chi connectivity index (χ3n) is 6.80. The Hall–Kier alpha value is -3.32. The van der Waals surface area contributed by atoms with E-state index in [9.17, 15) is 14.4 Å². The van der Waals surface area contributed by atoms with Crippen molar-refractivity contribution in [1.29, 1.82) is 0 Å². The number of benzene rings is 2. The zero-order valence-electron chi connectivity index (χ0n) is 20.5. The largest absolute Gasteiger partial charge is 0.497 e. The maximum atomic E-state index is 13.5. The van der Waals surface area contributed by atoms with Crippen molar-refractivity contribution in [2.45, 2.75) is 26.2 Å². The molecule has 1 saturated heterocycles. The van der Waals surface area contributed by atoms with Gasteiger partial charge in [0, 0.05) is 54.8 Å². The summed E-state index contributed by atoms with van der Waals surface area (Å²) in [5.41, 5.74) is 2.76. The second-order valence-electron chi connectivity index (χ2n) is 9.16. The quantitative estimate of drug-likeness (QED) is 0.532. The minimum Gasteiger partial charge on any atom is -0.497 e. The molecule has 0 radical (unpaired) electrons. The first-order chi connectivity index (χ1) is 16.7. The molecule has 35 heavy (non-hydrogen) atoms. The lowest BCUT2D eigenvalue weighted by Crippen LogP contribution is -2.43. The fourth-order valence-corrected chi connectivity index (χ4v) is 4.93. The molecule has 184 valence electrons. The van der Waals surface area contributed by atoms with Gasteiger partial charge in [0.2, 0.25) is 11.8 Å². The van der Waals surface area contributed by atoms with E-state index in [2.05, 4.69) is 0 Å². The van der Waals surface area contributed by atoms with Crippen molar-refractivity contribution in [1.82, 2.24) is 14.4 Å². The molecule has 7 nitrogen and oxygen atoms in total. The molecule has 1 aliphatic rings. The average molecular weight is 496 g/mol. The van der Waals surface area contributed by atoms with Crippen LogP contribution in [0.25, 0.3) is 10.9 Å². The van der Waals surface area contributed by atoms with Crippen LogP contribution in [-0.2, 0) is 16.0 Å². The molecule has 1 aromatic heterocycles. The average Bonchev–Trinajstić information content (AvgIpc) is 3.13. The number of aromatic nitrogens is 1. The number of piperidine rings is 1. The summed E-state index contributed by atoms with van der Waals surface area (Å²) >= 11 is 6.00. The molecule has 2 heterocycles. The van der Waals surface area contributed by atoms with Gasteiger partial charge in [-0.25, -0.2) is 0 Å². The van der Waals surface area contributed by atoms with Crippen LogP contribution in [-0.4, -0.2) is 66.4 Å². The van der Waals surface area contributed by atoms with Crippen LogP contribution in [0.1, 0.15) is 34.5 Å². The number of rotatable bonds is 5. The molecule has 0 bridgehead atoms. The molecule has 4 rings (SSSR count). The Balaban J connectivity index is 1.64. The van der Waals surface area contributed by atoms with Crippen LogP contribution in [0.4, 0.5) is 0 Å². The minimum absolute atomic E-state index is 0.00957. The molecule has 1 fully saturated rings. The first kappa shape index (κ1) is 24.8. The van der Waals surface area contributed by atoms with E-state index in [-0.39, 0.29) is 30.1 Å². The summed E-state index contributed by atoms with van der Waals surface area (Å²) in [6, 6.07) is 12.3. The number of carbonyl (C=O) groups excluding carboxylic acids is 3. The van der Waals surface area contributed by atoms with Crippen molar-refractivity contribution in [3.05, 3.63) is 64.3 Å². The zero-order valence-corrected chi connectivity index (χ0v) is 21.3. The normalized spacial score (nSPS) is 14.3. The van der Waals surface area contributed by atoms with Crippen molar-refractivity contribution in [3.63, 3.8) is 0 Å². The van der Waals surface area contributed by atoms with Crippen molar-refractivity contribution in [2.75, 3.05) is 34.3 Å². The number of amides is 2. The Morgan fingerprint density at radius 1 is 1.06 bits per heavy atom. The number of nitrogens with zero attached hydrogens (tertiary/aromatic N) is 3. The van der Waals surface area contributed by atoms with Crippen LogP contribution >= 0.6 is 11.6 Å². The number of ether oxygens (including phenoxy) is 1. The lowest BCUT2D eigenvalue weighted by molar-refractivity contribution is -0.138. The second-order valence-corrected chi connectivity index (χ2v) is 9.60. The molecule has 0 saturated carbocycles. The third-order valence-corrected chi connectivity index (χ3v) is 7.05. The van der Waals surface area contributed by atoms with Gasteiger partial charge in [-0.05, 0) is 67.8 Å². The molecule has 0 N–H and O–H groups in total. The zero-order chi connectivity index (χ0) is 25.3. The van der Waals surface area contributed by atoms with Crippen LogP contribution in [0.15, 0.2) is 42.5 Å². The standard InChI is InChI=1S/C27H30ClN3O4/c1-17-22(16-25(32)30-13-11-19(12-14-30)26(33)29(2)3)23-15-21(35-4)9-10-24(23)31(17)27(34)18-5-7-20(28)8-6-18/h5-10,15,19H,11-14,16H2,1-4H3. The summed E-state index contributed by atoms with van der Waals surface area (Å²) in [5.74, 6) is 0.536. The van der Waals surface area contributed by atoms with E-state index in [0.717, 1.165) is 22.2 Å². The van der Waals surface area contributed by atoms with Gasteiger partial charge in [0.15, 0.2) is 0 Å². The Morgan fingerprint density at radius 3 is 2.31 bits per heavy atom. The van der Waals surface area contributed by atoms with E-state index >= 15 is 0 Å². The highest BCUT2D eigenvalue weighted by atomic mass is 35.5. The van der Waals surface area contributed by atoms with E-state index < -0.39 is 0 Å². The number of likely N-dealkylation sites (tertiary alicyclic amines) is 1.